The molecule has 2 N–H and O–H groups in total. The Labute approximate surface area is 91.3 Å². The fourth-order valence-corrected chi connectivity index (χ4v) is 1.07. The van der Waals surface area contributed by atoms with Crippen molar-refractivity contribution in [1.29, 1.82) is 0 Å². The van der Waals surface area contributed by atoms with Crippen molar-refractivity contribution in [2.24, 2.45) is 0 Å². The lowest BCUT2D eigenvalue weighted by Crippen LogP contribution is -2.23. The molecular formula is C11H21NO3. The third kappa shape index (κ3) is 8.15. The van der Waals surface area contributed by atoms with E-state index >= 15 is 0 Å². The third-order valence-electron chi connectivity index (χ3n) is 1.88. The average Bonchev–Trinajstić information content (AvgIpc) is 2.16. The van der Waals surface area contributed by atoms with Crippen molar-refractivity contribution in [3.8, 4) is 0 Å². The molecule has 0 spiro atoms. The second-order valence-electron chi connectivity index (χ2n) is 3.49. The SMILES string of the molecule is C=C(CNCCCC(C)O)C(=O)OCC. The summed E-state index contributed by atoms with van der Waals surface area (Å²) < 4.78 is 4.78. The molecule has 0 aromatic carbocycles. The van der Waals surface area contributed by atoms with Crippen LogP contribution in [0.4, 0.5) is 0 Å². The van der Waals surface area contributed by atoms with E-state index in [2.05, 4.69) is 11.9 Å². The van der Waals surface area contributed by atoms with Crippen LogP contribution in [0.2, 0.25) is 0 Å². The zero-order valence-electron chi connectivity index (χ0n) is 9.58. The molecule has 0 amide bonds. The molecule has 1 atom stereocenters. The van der Waals surface area contributed by atoms with E-state index in [0.717, 1.165) is 19.4 Å². The van der Waals surface area contributed by atoms with Crippen LogP contribution in [0.3, 0.4) is 0 Å². The Hall–Kier alpha value is -0.870. The van der Waals surface area contributed by atoms with Crippen LogP contribution in [0, 0.1) is 0 Å². The lowest BCUT2D eigenvalue weighted by molar-refractivity contribution is -0.138. The molecule has 0 rings (SSSR count). The first-order chi connectivity index (χ1) is 7.07. The fraction of sp³-hybridized carbons (Fsp3) is 0.727. The molecule has 15 heavy (non-hydrogen) atoms. The van der Waals surface area contributed by atoms with E-state index in [1.54, 1.807) is 13.8 Å². The lowest BCUT2D eigenvalue weighted by atomic mass is 10.2. The number of aliphatic hydroxyl groups excluding tert-OH is 1. The minimum atomic E-state index is -0.347. The Morgan fingerprint density at radius 1 is 1.60 bits per heavy atom. The monoisotopic (exact) mass is 215 g/mol. The van der Waals surface area contributed by atoms with Crippen molar-refractivity contribution >= 4 is 5.97 Å². The standard InChI is InChI=1S/C11H21NO3/c1-4-15-11(14)9(2)8-12-7-5-6-10(3)13/h10,12-13H,2,4-8H2,1,3H3. The molecule has 88 valence electrons. The third-order valence-corrected chi connectivity index (χ3v) is 1.88. The highest BCUT2D eigenvalue weighted by Crippen LogP contribution is 1.95. The van der Waals surface area contributed by atoms with Crippen LogP contribution in [-0.4, -0.2) is 36.9 Å². The summed E-state index contributed by atoms with van der Waals surface area (Å²) in [5, 5.41) is 12.1. The Bertz CT molecular complexity index is 202. The minimum absolute atomic E-state index is 0.264. The molecule has 0 saturated carbocycles. The summed E-state index contributed by atoms with van der Waals surface area (Å²) in [6.07, 6.45) is 1.38. The van der Waals surface area contributed by atoms with Gasteiger partial charge in [0.1, 0.15) is 0 Å². The molecule has 0 aromatic rings. The van der Waals surface area contributed by atoms with Crippen LogP contribution >= 0.6 is 0 Å². The van der Waals surface area contributed by atoms with E-state index < -0.39 is 0 Å². The van der Waals surface area contributed by atoms with Gasteiger partial charge in [-0.05, 0) is 33.2 Å². The quantitative estimate of drug-likeness (QED) is 0.358. The van der Waals surface area contributed by atoms with Crippen LogP contribution in [0.15, 0.2) is 12.2 Å². The number of hydrogen-bond acceptors (Lipinski definition) is 4. The molecule has 0 aliphatic carbocycles. The Morgan fingerprint density at radius 3 is 2.80 bits per heavy atom. The van der Waals surface area contributed by atoms with Gasteiger partial charge in [0.25, 0.3) is 0 Å². The first kappa shape index (κ1) is 14.1. The van der Waals surface area contributed by atoms with Crippen LogP contribution in [-0.2, 0) is 9.53 Å². The van der Waals surface area contributed by atoms with Crippen molar-refractivity contribution in [3.05, 3.63) is 12.2 Å². The normalized spacial score (nSPS) is 12.2. The Balaban J connectivity index is 3.43. The summed E-state index contributed by atoms with van der Waals surface area (Å²) in [4.78, 5) is 11.1. The van der Waals surface area contributed by atoms with E-state index in [-0.39, 0.29) is 12.1 Å². The predicted molar refractivity (Wildman–Crippen MR) is 59.6 cm³/mol. The number of carbonyl (C=O) groups is 1. The number of nitrogens with one attached hydrogen (secondary N) is 1. The number of aliphatic hydroxyl groups is 1. The summed E-state index contributed by atoms with van der Waals surface area (Å²) in [6.45, 7) is 8.73. The van der Waals surface area contributed by atoms with E-state index in [0.29, 0.717) is 18.7 Å². The van der Waals surface area contributed by atoms with Gasteiger partial charge in [-0.15, -0.1) is 0 Å². The van der Waals surface area contributed by atoms with E-state index in [1.165, 1.54) is 0 Å². The number of hydrogen-bond donors (Lipinski definition) is 2. The maximum atomic E-state index is 11.1. The molecule has 4 heteroatoms. The minimum Gasteiger partial charge on any atom is -0.463 e. The summed E-state index contributed by atoms with van der Waals surface area (Å²) in [6, 6.07) is 0. The van der Waals surface area contributed by atoms with Gasteiger partial charge in [0, 0.05) is 12.1 Å². The maximum absolute atomic E-state index is 11.1. The second-order valence-corrected chi connectivity index (χ2v) is 3.49. The molecule has 0 bridgehead atoms. The van der Waals surface area contributed by atoms with E-state index in [9.17, 15) is 4.79 Å². The summed E-state index contributed by atoms with van der Waals surface area (Å²) >= 11 is 0. The molecule has 0 saturated heterocycles. The van der Waals surface area contributed by atoms with Crippen molar-refractivity contribution in [2.75, 3.05) is 19.7 Å². The highest BCUT2D eigenvalue weighted by molar-refractivity contribution is 5.88. The van der Waals surface area contributed by atoms with Gasteiger partial charge in [-0.2, -0.15) is 0 Å². The van der Waals surface area contributed by atoms with Crippen LogP contribution in [0.25, 0.3) is 0 Å². The summed E-state index contributed by atoms with van der Waals surface area (Å²) in [5.41, 5.74) is 0.439. The molecule has 0 aliphatic heterocycles. The lowest BCUT2D eigenvalue weighted by Gasteiger charge is -2.07. The van der Waals surface area contributed by atoms with E-state index in [1.807, 2.05) is 0 Å². The van der Waals surface area contributed by atoms with Crippen molar-refractivity contribution in [2.45, 2.75) is 32.8 Å². The molecule has 1 unspecified atom stereocenters. The topological polar surface area (TPSA) is 58.6 Å². The number of rotatable bonds is 8. The van der Waals surface area contributed by atoms with Gasteiger partial charge >= 0.3 is 5.97 Å². The summed E-state index contributed by atoms with van der Waals surface area (Å²) in [5.74, 6) is -0.347. The predicted octanol–water partition coefficient (Wildman–Crippen LogP) is 0.856. The van der Waals surface area contributed by atoms with Gasteiger partial charge in [-0.3, -0.25) is 0 Å². The van der Waals surface area contributed by atoms with Crippen molar-refractivity contribution in [1.82, 2.24) is 5.32 Å². The van der Waals surface area contributed by atoms with Crippen LogP contribution < -0.4 is 5.32 Å². The molecule has 0 radical (unpaired) electrons. The largest absolute Gasteiger partial charge is 0.463 e. The highest BCUT2D eigenvalue weighted by Gasteiger charge is 2.06. The van der Waals surface area contributed by atoms with Crippen molar-refractivity contribution < 1.29 is 14.6 Å². The Morgan fingerprint density at radius 2 is 2.27 bits per heavy atom. The van der Waals surface area contributed by atoms with Crippen LogP contribution in [0.5, 0.6) is 0 Å². The zero-order chi connectivity index (χ0) is 11.7. The van der Waals surface area contributed by atoms with Gasteiger partial charge in [0.15, 0.2) is 0 Å². The number of carbonyl (C=O) groups excluding carboxylic acids is 1. The molecule has 0 heterocycles. The van der Waals surface area contributed by atoms with Crippen molar-refractivity contribution in [3.63, 3.8) is 0 Å². The van der Waals surface area contributed by atoms with Gasteiger partial charge in [-0.1, -0.05) is 6.58 Å². The Kier molecular flexibility index (Phi) is 7.95. The fourth-order valence-electron chi connectivity index (χ4n) is 1.07. The molecular weight excluding hydrogens is 194 g/mol. The smallest absolute Gasteiger partial charge is 0.334 e. The highest BCUT2D eigenvalue weighted by atomic mass is 16.5. The molecule has 0 fully saturated rings. The van der Waals surface area contributed by atoms with Gasteiger partial charge in [-0.25, -0.2) is 4.79 Å². The number of esters is 1. The van der Waals surface area contributed by atoms with E-state index in [4.69, 9.17) is 9.84 Å². The van der Waals surface area contributed by atoms with Crippen LogP contribution in [0.1, 0.15) is 26.7 Å². The van der Waals surface area contributed by atoms with Gasteiger partial charge in [0.05, 0.1) is 12.7 Å². The average molecular weight is 215 g/mol. The van der Waals surface area contributed by atoms with Gasteiger partial charge < -0.3 is 15.2 Å². The summed E-state index contributed by atoms with van der Waals surface area (Å²) in [7, 11) is 0. The zero-order valence-corrected chi connectivity index (χ0v) is 9.58. The maximum Gasteiger partial charge on any atom is 0.334 e. The van der Waals surface area contributed by atoms with Gasteiger partial charge in [0.2, 0.25) is 0 Å². The molecule has 0 aliphatic rings. The molecule has 4 nitrogen and oxygen atoms in total. The number of ether oxygens (including phenoxy) is 1. The first-order valence-corrected chi connectivity index (χ1v) is 5.31. The first-order valence-electron chi connectivity index (χ1n) is 5.31. The second kappa shape index (κ2) is 8.44. The molecule has 0 aromatic heterocycles.